The highest BCUT2D eigenvalue weighted by Gasteiger charge is 2.32. The molecule has 0 saturated carbocycles. The van der Waals surface area contributed by atoms with Crippen LogP contribution in [0.5, 0.6) is 5.75 Å². The molecule has 3 rings (SSSR count). The van der Waals surface area contributed by atoms with E-state index in [1.807, 2.05) is 0 Å². The maximum Gasteiger partial charge on any atom is 0.276 e. The molecule has 1 aromatic heterocycles. The van der Waals surface area contributed by atoms with Crippen molar-refractivity contribution in [1.82, 2.24) is 9.21 Å². The maximum atomic E-state index is 12.7. The molecule has 2 aromatic rings. The lowest BCUT2D eigenvalue weighted by Crippen LogP contribution is -2.50. The van der Waals surface area contributed by atoms with Gasteiger partial charge in [0.15, 0.2) is 0 Å². The number of benzene rings is 1. The number of amides is 1. The summed E-state index contributed by atoms with van der Waals surface area (Å²) in [5.74, 6) is 0.423. The Morgan fingerprint density at radius 2 is 1.92 bits per heavy atom. The van der Waals surface area contributed by atoms with Crippen molar-refractivity contribution < 1.29 is 22.4 Å². The van der Waals surface area contributed by atoms with E-state index >= 15 is 0 Å². The lowest BCUT2D eigenvalue weighted by molar-refractivity contribution is 0.0696. The molecule has 1 aromatic carbocycles. The molecule has 1 aliphatic heterocycles. The molecule has 0 spiro atoms. The third-order valence-electron chi connectivity index (χ3n) is 4.02. The van der Waals surface area contributed by atoms with Gasteiger partial charge in [0.25, 0.3) is 15.9 Å². The summed E-state index contributed by atoms with van der Waals surface area (Å²) >= 11 is 3.37. The van der Waals surface area contributed by atoms with Crippen LogP contribution in [0, 0.1) is 0 Å². The predicted octanol–water partition coefficient (Wildman–Crippen LogP) is 2.20. The summed E-state index contributed by atoms with van der Waals surface area (Å²) in [5.41, 5.74) is 0.488. The first kappa shape index (κ1) is 18.0. The molecular formula is C16H17BrN2O5S. The van der Waals surface area contributed by atoms with Gasteiger partial charge in [-0.15, -0.1) is 0 Å². The third kappa shape index (κ3) is 3.58. The third-order valence-corrected chi connectivity index (χ3v) is 6.50. The summed E-state index contributed by atoms with van der Waals surface area (Å²) in [4.78, 5) is 14.4. The highest BCUT2D eigenvalue weighted by molar-refractivity contribution is 9.10. The number of nitrogens with zero attached hydrogens (tertiary/aromatic N) is 2. The zero-order valence-electron chi connectivity index (χ0n) is 13.5. The van der Waals surface area contributed by atoms with E-state index in [2.05, 4.69) is 15.9 Å². The molecular weight excluding hydrogens is 412 g/mol. The normalized spacial score (nSPS) is 16.0. The van der Waals surface area contributed by atoms with Crippen LogP contribution in [-0.4, -0.2) is 56.8 Å². The van der Waals surface area contributed by atoms with Gasteiger partial charge in [0, 0.05) is 30.7 Å². The van der Waals surface area contributed by atoms with Gasteiger partial charge in [0.2, 0.25) is 5.09 Å². The predicted molar refractivity (Wildman–Crippen MR) is 94.1 cm³/mol. The van der Waals surface area contributed by atoms with E-state index < -0.39 is 10.0 Å². The largest absolute Gasteiger partial charge is 0.497 e. The number of carbonyl (C=O) groups is 1. The van der Waals surface area contributed by atoms with E-state index in [0.29, 0.717) is 28.9 Å². The molecule has 25 heavy (non-hydrogen) atoms. The monoisotopic (exact) mass is 428 g/mol. The van der Waals surface area contributed by atoms with Gasteiger partial charge in [-0.1, -0.05) is 0 Å². The quantitative estimate of drug-likeness (QED) is 0.745. The highest BCUT2D eigenvalue weighted by Crippen LogP contribution is 2.25. The molecule has 2 heterocycles. The molecule has 0 aliphatic carbocycles. The van der Waals surface area contributed by atoms with Gasteiger partial charge in [0.05, 0.1) is 18.9 Å². The zero-order valence-corrected chi connectivity index (χ0v) is 15.9. The standard InChI is InChI=1S/C16H17BrN2O5S/c1-23-12-4-5-14(17)13(11-12)16(20)18-6-8-19(9-7-18)25(21,22)15-3-2-10-24-15/h2-5,10-11H,6-9H2,1H3. The van der Waals surface area contributed by atoms with Gasteiger partial charge in [-0.2, -0.15) is 4.31 Å². The minimum atomic E-state index is -3.65. The van der Waals surface area contributed by atoms with Gasteiger partial charge in [-0.05, 0) is 46.3 Å². The van der Waals surface area contributed by atoms with Crippen LogP contribution in [0.1, 0.15) is 10.4 Å². The number of methoxy groups -OCH3 is 1. The van der Waals surface area contributed by atoms with Crippen molar-refractivity contribution in [2.45, 2.75) is 5.09 Å². The molecule has 9 heteroatoms. The number of sulfonamides is 1. The SMILES string of the molecule is COc1ccc(Br)c(C(=O)N2CCN(S(=O)(=O)c3ccco3)CC2)c1. The van der Waals surface area contributed by atoms with Crippen LogP contribution in [0.2, 0.25) is 0 Å². The number of hydrogen-bond acceptors (Lipinski definition) is 5. The molecule has 0 atom stereocenters. The van der Waals surface area contributed by atoms with Crippen molar-refractivity contribution in [2.75, 3.05) is 33.3 Å². The molecule has 0 bridgehead atoms. The first-order chi connectivity index (χ1) is 11.9. The first-order valence-corrected chi connectivity index (χ1v) is 9.83. The van der Waals surface area contributed by atoms with E-state index in [1.54, 1.807) is 23.1 Å². The van der Waals surface area contributed by atoms with Crippen LogP contribution in [-0.2, 0) is 10.0 Å². The molecule has 0 unspecified atom stereocenters. The van der Waals surface area contributed by atoms with Crippen LogP contribution in [0.3, 0.4) is 0 Å². The van der Waals surface area contributed by atoms with Gasteiger partial charge in [0.1, 0.15) is 5.75 Å². The molecule has 0 N–H and O–H groups in total. The highest BCUT2D eigenvalue weighted by atomic mass is 79.9. The Balaban J connectivity index is 1.71. The minimum Gasteiger partial charge on any atom is -0.497 e. The number of rotatable bonds is 4. The topological polar surface area (TPSA) is 80.1 Å². The summed E-state index contributed by atoms with van der Waals surface area (Å²) in [5, 5.41) is -0.0807. The van der Waals surface area contributed by atoms with Crippen molar-refractivity contribution in [3.63, 3.8) is 0 Å². The Labute approximate surface area is 154 Å². The molecule has 1 amide bonds. The van der Waals surface area contributed by atoms with Crippen molar-refractivity contribution in [2.24, 2.45) is 0 Å². The van der Waals surface area contributed by atoms with E-state index in [9.17, 15) is 13.2 Å². The summed E-state index contributed by atoms with van der Waals surface area (Å²) < 4.78 is 37.0. The van der Waals surface area contributed by atoms with Crippen LogP contribution >= 0.6 is 15.9 Å². The fourth-order valence-electron chi connectivity index (χ4n) is 2.63. The van der Waals surface area contributed by atoms with Gasteiger partial charge in [-0.25, -0.2) is 8.42 Å². The fourth-order valence-corrected chi connectivity index (χ4v) is 4.38. The van der Waals surface area contributed by atoms with Crippen molar-refractivity contribution in [3.05, 3.63) is 46.6 Å². The van der Waals surface area contributed by atoms with Crippen LogP contribution in [0.25, 0.3) is 0 Å². The van der Waals surface area contributed by atoms with Crippen LogP contribution in [0.15, 0.2) is 50.6 Å². The Hall–Kier alpha value is -1.84. The fraction of sp³-hybridized carbons (Fsp3) is 0.312. The molecule has 134 valence electrons. The number of ether oxygens (including phenoxy) is 1. The summed E-state index contributed by atoms with van der Waals surface area (Å²) in [6.07, 6.45) is 1.33. The number of hydrogen-bond donors (Lipinski definition) is 0. The molecule has 1 aliphatic rings. The van der Waals surface area contributed by atoms with Gasteiger partial charge < -0.3 is 14.1 Å². The second-order valence-corrected chi connectivity index (χ2v) is 8.20. The van der Waals surface area contributed by atoms with Crippen molar-refractivity contribution in [3.8, 4) is 5.75 Å². The molecule has 0 radical (unpaired) electrons. The summed E-state index contributed by atoms with van der Waals surface area (Å²) in [6, 6.07) is 8.13. The minimum absolute atomic E-state index is 0.0807. The Morgan fingerprint density at radius 3 is 2.52 bits per heavy atom. The maximum absolute atomic E-state index is 12.7. The first-order valence-electron chi connectivity index (χ1n) is 7.60. The lowest BCUT2D eigenvalue weighted by atomic mass is 10.1. The lowest BCUT2D eigenvalue weighted by Gasteiger charge is -2.33. The van der Waals surface area contributed by atoms with E-state index in [0.717, 1.165) is 0 Å². The van der Waals surface area contributed by atoms with E-state index in [-0.39, 0.29) is 24.1 Å². The molecule has 7 nitrogen and oxygen atoms in total. The number of furan rings is 1. The van der Waals surface area contributed by atoms with Gasteiger partial charge in [-0.3, -0.25) is 4.79 Å². The average molecular weight is 429 g/mol. The Bertz CT molecular complexity index is 859. The van der Waals surface area contributed by atoms with Crippen molar-refractivity contribution in [1.29, 1.82) is 0 Å². The summed E-state index contributed by atoms with van der Waals surface area (Å²) in [7, 11) is -2.11. The number of halogens is 1. The average Bonchev–Trinajstić information content (AvgIpc) is 3.17. The second-order valence-electron chi connectivity index (χ2n) is 5.47. The second kappa shape index (κ2) is 7.19. The number of carbonyl (C=O) groups excluding carboxylic acids is 1. The Morgan fingerprint density at radius 1 is 1.20 bits per heavy atom. The van der Waals surface area contributed by atoms with E-state index in [4.69, 9.17) is 9.15 Å². The molecule has 1 saturated heterocycles. The van der Waals surface area contributed by atoms with E-state index in [1.165, 1.54) is 29.8 Å². The Kier molecular flexibility index (Phi) is 5.16. The number of piperazine rings is 1. The van der Waals surface area contributed by atoms with Crippen LogP contribution in [0.4, 0.5) is 0 Å². The van der Waals surface area contributed by atoms with Crippen LogP contribution < -0.4 is 4.74 Å². The van der Waals surface area contributed by atoms with Crippen molar-refractivity contribution >= 4 is 31.9 Å². The zero-order chi connectivity index (χ0) is 18.0. The smallest absolute Gasteiger partial charge is 0.276 e. The molecule has 1 fully saturated rings. The van der Waals surface area contributed by atoms with Gasteiger partial charge >= 0.3 is 0 Å². The summed E-state index contributed by atoms with van der Waals surface area (Å²) in [6.45, 7) is 1.05.